The maximum absolute atomic E-state index is 15.0. The van der Waals surface area contributed by atoms with Gasteiger partial charge < -0.3 is 125 Å². The smallest absolute Gasteiger partial charge is 0.243 e. The molecule has 3 rings (SSSR count). The predicted molar refractivity (Wildman–Crippen MR) is 492 cm³/mol. The number of fused-ring (bicyclic) bond motifs is 1. The van der Waals surface area contributed by atoms with E-state index in [1.807, 2.05) is 65.8 Å². The molecule has 0 radical (unpaired) electrons. The number of hydrogen-bond acceptors (Lipinski definition) is 21. The van der Waals surface area contributed by atoms with Crippen molar-refractivity contribution < 1.29 is 71.9 Å². The van der Waals surface area contributed by atoms with Crippen molar-refractivity contribution in [2.75, 3.05) is 39.3 Å². The first-order valence-electron chi connectivity index (χ1n) is 45.3. The first-order chi connectivity index (χ1) is 60.6. The van der Waals surface area contributed by atoms with Crippen molar-refractivity contribution in [2.24, 2.45) is 86.4 Å². The van der Waals surface area contributed by atoms with Crippen LogP contribution in [0.4, 0.5) is 0 Å². The molecule has 718 valence electrons. The van der Waals surface area contributed by atoms with E-state index >= 15 is 4.79 Å². The van der Waals surface area contributed by atoms with Gasteiger partial charge in [-0.05, 0) is 195 Å². The van der Waals surface area contributed by atoms with Crippen LogP contribution in [-0.4, -0.2) is 223 Å². The molecular weight excluding hydrogens is 1650 g/mol. The third-order valence-corrected chi connectivity index (χ3v) is 21.8. The molecule has 1 heterocycles. The van der Waals surface area contributed by atoms with Gasteiger partial charge in [0.25, 0.3) is 0 Å². The largest absolute Gasteiger partial charge is 0.370 e. The summed E-state index contributed by atoms with van der Waals surface area (Å²) in [7, 11) is 0. The number of hydrogen-bond donors (Lipinski definition) is 23. The molecule has 15 amide bonds. The maximum atomic E-state index is 15.0. The summed E-state index contributed by atoms with van der Waals surface area (Å²) < 4.78 is 0. The number of nitrogens with two attached hydrogens (primary N) is 8. The highest BCUT2D eigenvalue weighted by Gasteiger charge is 2.39. The zero-order chi connectivity index (χ0) is 95.9. The van der Waals surface area contributed by atoms with Crippen molar-refractivity contribution in [3.8, 4) is 0 Å². The van der Waals surface area contributed by atoms with E-state index < -0.39 is 197 Å². The molecule has 39 nitrogen and oxygen atoms in total. The highest BCUT2D eigenvalue weighted by atomic mass is 16.2. The average Bonchev–Trinajstić information content (AvgIpc) is 1.66. The number of nitrogens with zero attached hydrogens (tertiary/aromatic N) is 1. The zero-order valence-electron chi connectivity index (χ0n) is 77.4. The summed E-state index contributed by atoms with van der Waals surface area (Å²) in [5.41, 5.74) is 48.6. The summed E-state index contributed by atoms with van der Waals surface area (Å²) in [5, 5.41) is 39.1. The van der Waals surface area contributed by atoms with Gasteiger partial charge in [0.15, 0.2) is 5.96 Å². The molecule has 3 aromatic rings. The van der Waals surface area contributed by atoms with Crippen LogP contribution in [0, 0.1) is 35.5 Å². The zero-order valence-corrected chi connectivity index (χ0v) is 77.4. The number of unbranched alkanes of at least 4 members (excludes halogenated alkanes) is 4. The minimum atomic E-state index is -1.40. The van der Waals surface area contributed by atoms with E-state index in [-0.39, 0.29) is 121 Å². The van der Waals surface area contributed by atoms with Crippen molar-refractivity contribution in [1.82, 2.24) is 79.4 Å². The fourth-order valence-electron chi connectivity index (χ4n) is 14.2. The van der Waals surface area contributed by atoms with E-state index in [0.29, 0.717) is 75.3 Å². The average molecular weight is 1800 g/mol. The summed E-state index contributed by atoms with van der Waals surface area (Å²) in [4.78, 5) is 220. The van der Waals surface area contributed by atoms with Crippen LogP contribution in [-0.2, 0) is 84.8 Å². The number of aliphatic imine (C=N–C) groups is 1. The van der Waals surface area contributed by atoms with Gasteiger partial charge in [0.2, 0.25) is 88.6 Å². The number of para-hydroxylation sites is 1. The van der Waals surface area contributed by atoms with Crippen LogP contribution in [0.25, 0.3) is 10.9 Å². The molecule has 1 aromatic heterocycles. The first-order valence-corrected chi connectivity index (χ1v) is 45.3. The number of carbonyl (C=O) groups is 15. The molecule has 128 heavy (non-hydrogen) atoms. The Kier molecular flexibility index (Phi) is 51.5. The minimum Gasteiger partial charge on any atom is -0.370 e. The maximum Gasteiger partial charge on any atom is 0.243 e. The first kappa shape index (κ1) is 111. The topological polar surface area (TPSA) is 661 Å². The number of aromatic nitrogens is 1. The van der Waals surface area contributed by atoms with Gasteiger partial charge in [-0.1, -0.05) is 138 Å². The number of H-pyrrole nitrogens is 1. The molecule has 0 saturated carbocycles. The fraction of sp³-hybridized carbons (Fsp3) is 0.663. The molecule has 0 unspecified atom stereocenters. The number of aromatic amines is 1. The van der Waals surface area contributed by atoms with E-state index in [9.17, 15) is 67.1 Å². The molecule has 0 aliphatic heterocycles. The number of primary amides is 1. The van der Waals surface area contributed by atoms with E-state index in [0.717, 1.165) is 10.9 Å². The lowest BCUT2D eigenvalue weighted by Crippen LogP contribution is -2.61. The Balaban J connectivity index is 1.88. The Bertz CT molecular complexity index is 4050. The standard InChI is InChI=1S/C89H152N24O15/c1-14-55(12)74(86(126)100-49-71(114)101-56(13)76(116)111-72(53(8)9)88(128)110-68(45-52(6)7)82(122)105-64(36-22-26-40-92)80(120)112-73(54(10)11)87(127)106-66(75(95)115)43-50(2)3)113-81(121)65(37-23-27-41-93)102-78(118)62(34-20-24-38-90)103-84(124)69(46-57-29-16-15-17-30-57)109-83(123)67(44-51(4)5)108-79(119)63(35-21-25-39-91)104-85(125)70(47-58-48-99-61-33-19-18-31-59(58)61)107-77(117)60(94)32-28-42-98-89(96)97/h15-19,29-31,33,48,50-56,60,62-70,72-74,99H,14,20-28,32,34-47,49,90-94H2,1-13H3,(H2,95,115)(H,100,126)(H,101,114)(H,102,118)(H,103,124)(H,104,125)(H,105,122)(H,106,127)(H,107,117)(H,108,119)(H,109,123)(H,110,128)(H,111,116)(H,112,120)(H,113,121)(H4,96,97,98)/t55-,56-,60-,62-,63-,64-,65-,66-,67-,68-,69-,70-,72-,73-,74-/m0/s1. The predicted octanol–water partition coefficient (Wildman–Crippen LogP) is -0.730. The lowest BCUT2D eigenvalue weighted by atomic mass is 9.97. The monoisotopic (exact) mass is 1800 g/mol. The summed E-state index contributed by atoms with van der Waals surface area (Å²) in [6.07, 6.45) is 6.23. The minimum absolute atomic E-state index is 0.00333. The number of nitrogens with one attached hydrogen (secondary N) is 15. The Morgan fingerprint density at radius 3 is 1.16 bits per heavy atom. The summed E-state index contributed by atoms with van der Waals surface area (Å²) >= 11 is 0. The number of carbonyl (C=O) groups excluding carboxylic acids is 15. The van der Waals surface area contributed by atoms with E-state index in [2.05, 4.69) is 84.4 Å². The fourth-order valence-corrected chi connectivity index (χ4v) is 14.2. The highest BCUT2D eigenvalue weighted by molar-refractivity contribution is 6.01. The molecule has 0 aliphatic carbocycles. The third-order valence-electron chi connectivity index (χ3n) is 21.8. The SMILES string of the molecule is CC[C@H](C)[C@H](NC(=O)[C@H](CCCCN)NC(=O)[C@H](CCCCN)NC(=O)[C@H](Cc1ccccc1)NC(=O)[C@H](CC(C)C)NC(=O)[C@H](CCCCN)NC(=O)[C@H](Cc1c[nH]c2ccccc12)NC(=O)[C@@H](N)CCCN=C(N)N)C(=O)NCC(=O)N[C@@H](C)C(=O)N[C@H](C(=O)N[C@@H](CC(C)C)C(=O)N[C@@H](CCCCN)C(=O)N[C@H](C(=O)N[C@@H](CC(C)C)C(N)=O)C(C)C)C(C)C. The molecule has 0 fully saturated rings. The van der Waals surface area contributed by atoms with Crippen molar-refractivity contribution in [3.63, 3.8) is 0 Å². The van der Waals surface area contributed by atoms with Gasteiger partial charge in [-0.2, -0.15) is 0 Å². The van der Waals surface area contributed by atoms with Gasteiger partial charge >= 0.3 is 0 Å². The van der Waals surface area contributed by atoms with Crippen LogP contribution in [0.3, 0.4) is 0 Å². The van der Waals surface area contributed by atoms with E-state index in [1.165, 1.54) is 6.92 Å². The van der Waals surface area contributed by atoms with Gasteiger partial charge in [0.1, 0.15) is 78.5 Å². The van der Waals surface area contributed by atoms with E-state index in [4.69, 9.17) is 45.9 Å². The van der Waals surface area contributed by atoms with Crippen molar-refractivity contribution in [1.29, 1.82) is 0 Å². The highest BCUT2D eigenvalue weighted by Crippen LogP contribution is 2.22. The number of benzene rings is 2. The van der Waals surface area contributed by atoms with Crippen LogP contribution in [0.5, 0.6) is 0 Å². The molecule has 0 aliphatic rings. The Labute approximate surface area is 753 Å². The van der Waals surface area contributed by atoms with Gasteiger partial charge in [-0.3, -0.25) is 76.9 Å². The summed E-state index contributed by atoms with van der Waals surface area (Å²) in [6.45, 7) is 23.0. The van der Waals surface area contributed by atoms with Gasteiger partial charge in [0, 0.05) is 36.5 Å². The third kappa shape index (κ3) is 41.0. The van der Waals surface area contributed by atoms with E-state index in [1.54, 1.807) is 78.1 Å². The van der Waals surface area contributed by atoms with Gasteiger partial charge in [0.05, 0.1) is 12.6 Å². The number of rotatable bonds is 63. The van der Waals surface area contributed by atoms with Crippen molar-refractivity contribution in [2.45, 2.75) is 303 Å². The number of amides is 15. The summed E-state index contributed by atoms with van der Waals surface area (Å²) in [6, 6.07) is -1.35. The molecule has 15 atom stereocenters. The molecule has 39 heteroatoms. The second-order valence-corrected chi connectivity index (χ2v) is 35.1. The molecule has 31 N–H and O–H groups in total. The van der Waals surface area contributed by atoms with Crippen LogP contribution >= 0.6 is 0 Å². The molecule has 0 spiro atoms. The Morgan fingerprint density at radius 1 is 0.367 bits per heavy atom. The lowest BCUT2D eigenvalue weighted by Gasteiger charge is -2.29. The van der Waals surface area contributed by atoms with Crippen LogP contribution in [0.2, 0.25) is 0 Å². The van der Waals surface area contributed by atoms with Gasteiger partial charge in [-0.25, -0.2) is 0 Å². The van der Waals surface area contributed by atoms with Crippen molar-refractivity contribution >= 4 is 105 Å². The van der Waals surface area contributed by atoms with Crippen LogP contribution < -0.4 is 120 Å². The number of guanidine groups is 1. The molecule has 2 aromatic carbocycles. The lowest BCUT2D eigenvalue weighted by molar-refractivity contribution is -0.136. The normalized spacial score (nSPS) is 15.0. The summed E-state index contributed by atoms with van der Waals surface area (Å²) in [5.74, 6) is -13.5. The molecule has 0 saturated heterocycles. The second-order valence-electron chi connectivity index (χ2n) is 35.1. The van der Waals surface area contributed by atoms with Crippen molar-refractivity contribution in [3.05, 3.63) is 71.9 Å². The second kappa shape index (κ2) is 59.3. The Hall–Kier alpha value is -10.9. The molecular formula is C89H152N24O15. The molecule has 0 bridgehead atoms. The Morgan fingerprint density at radius 2 is 0.734 bits per heavy atom. The van der Waals surface area contributed by atoms with Gasteiger partial charge in [-0.15, -0.1) is 0 Å². The van der Waals surface area contributed by atoms with Crippen LogP contribution in [0.1, 0.15) is 217 Å². The quantitative estimate of drug-likeness (QED) is 0.0188. The van der Waals surface area contributed by atoms with Crippen LogP contribution in [0.15, 0.2) is 65.8 Å².